The van der Waals surface area contributed by atoms with Crippen LogP contribution in [0.5, 0.6) is 0 Å². The first-order valence-corrected chi connectivity index (χ1v) is 8.19. The number of hydrogen-bond acceptors (Lipinski definition) is 7. The van der Waals surface area contributed by atoms with Crippen LogP contribution in [0.25, 0.3) is 0 Å². The van der Waals surface area contributed by atoms with E-state index in [1.165, 1.54) is 0 Å². The molecule has 0 unspecified atom stereocenters. The van der Waals surface area contributed by atoms with Crippen molar-refractivity contribution in [2.75, 3.05) is 43.6 Å². The van der Waals surface area contributed by atoms with Crippen LogP contribution in [-0.2, 0) is 11.3 Å². The molecule has 8 heteroatoms. The number of aryl methyl sites for hydroxylation is 1. The maximum atomic E-state index is 9.03. The SMILES string of the molecule is Cc1[nH]ncc1CN(C)c1cc([C@@H]2CCOC2)nc(NCCO)n1. The summed E-state index contributed by atoms with van der Waals surface area (Å²) in [5.41, 5.74) is 3.17. The zero-order chi connectivity index (χ0) is 16.9. The number of rotatable bonds is 7. The summed E-state index contributed by atoms with van der Waals surface area (Å²) in [5, 5.41) is 19.1. The van der Waals surface area contributed by atoms with Gasteiger partial charge in [-0.15, -0.1) is 0 Å². The van der Waals surface area contributed by atoms with E-state index in [4.69, 9.17) is 9.84 Å². The van der Waals surface area contributed by atoms with E-state index in [9.17, 15) is 0 Å². The maximum Gasteiger partial charge on any atom is 0.224 e. The van der Waals surface area contributed by atoms with E-state index in [2.05, 4.69) is 30.4 Å². The number of nitrogens with one attached hydrogen (secondary N) is 2. The number of aliphatic hydroxyl groups excluding tert-OH is 1. The minimum absolute atomic E-state index is 0.0412. The number of aromatic nitrogens is 4. The summed E-state index contributed by atoms with van der Waals surface area (Å²) in [6, 6.07) is 2.03. The van der Waals surface area contributed by atoms with Crippen molar-refractivity contribution in [3.8, 4) is 0 Å². The summed E-state index contributed by atoms with van der Waals surface area (Å²) in [6.45, 7) is 4.65. The fraction of sp³-hybridized carbons (Fsp3) is 0.562. The van der Waals surface area contributed by atoms with Gasteiger partial charge >= 0.3 is 0 Å². The number of aliphatic hydroxyl groups is 1. The molecule has 0 aromatic carbocycles. The molecule has 2 aromatic rings. The van der Waals surface area contributed by atoms with Gasteiger partial charge in [-0.2, -0.15) is 10.1 Å². The summed E-state index contributed by atoms with van der Waals surface area (Å²) >= 11 is 0. The van der Waals surface area contributed by atoms with Gasteiger partial charge in [-0.05, 0) is 13.3 Å². The Morgan fingerprint density at radius 2 is 2.33 bits per heavy atom. The molecule has 1 saturated heterocycles. The summed E-state index contributed by atoms with van der Waals surface area (Å²) < 4.78 is 5.49. The lowest BCUT2D eigenvalue weighted by Gasteiger charge is -2.20. The van der Waals surface area contributed by atoms with Gasteiger partial charge in [0.1, 0.15) is 5.82 Å². The van der Waals surface area contributed by atoms with E-state index in [-0.39, 0.29) is 6.61 Å². The summed E-state index contributed by atoms with van der Waals surface area (Å²) in [6.07, 6.45) is 2.81. The molecule has 1 aliphatic heterocycles. The molecule has 3 heterocycles. The van der Waals surface area contributed by atoms with Crippen molar-refractivity contribution in [3.05, 3.63) is 29.2 Å². The molecule has 1 aliphatic rings. The third-order valence-corrected chi connectivity index (χ3v) is 4.21. The summed E-state index contributed by atoms with van der Waals surface area (Å²) in [5.74, 6) is 1.68. The minimum Gasteiger partial charge on any atom is -0.395 e. The van der Waals surface area contributed by atoms with Crippen LogP contribution in [0.3, 0.4) is 0 Å². The largest absolute Gasteiger partial charge is 0.395 e. The van der Waals surface area contributed by atoms with Gasteiger partial charge in [0.2, 0.25) is 5.95 Å². The smallest absolute Gasteiger partial charge is 0.224 e. The standard InChI is InChI=1S/C16H24N6O2/c1-11-13(8-18-21-11)9-22(2)15-7-14(12-3-6-24-10-12)19-16(20-15)17-4-5-23/h7-8,12,23H,3-6,9-10H2,1-2H3,(H,18,21)(H,17,19,20)/t12-/m1/s1. The lowest BCUT2D eigenvalue weighted by atomic mass is 10.0. The summed E-state index contributed by atoms with van der Waals surface area (Å²) in [4.78, 5) is 11.2. The number of anilines is 2. The summed E-state index contributed by atoms with van der Waals surface area (Å²) in [7, 11) is 2.00. The molecule has 24 heavy (non-hydrogen) atoms. The van der Waals surface area contributed by atoms with Crippen LogP contribution < -0.4 is 10.2 Å². The second-order valence-corrected chi connectivity index (χ2v) is 6.06. The fourth-order valence-corrected chi connectivity index (χ4v) is 2.74. The van der Waals surface area contributed by atoms with Gasteiger partial charge in [-0.3, -0.25) is 5.10 Å². The Bertz CT molecular complexity index is 668. The highest BCUT2D eigenvalue weighted by atomic mass is 16.5. The average molecular weight is 332 g/mol. The van der Waals surface area contributed by atoms with Gasteiger partial charge < -0.3 is 20.1 Å². The Kier molecular flexibility index (Phi) is 5.27. The lowest BCUT2D eigenvalue weighted by molar-refractivity contribution is 0.193. The van der Waals surface area contributed by atoms with Crippen LogP contribution in [0, 0.1) is 6.92 Å². The number of hydrogen-bond donors (Lipinski definition) is 3. The number of nitrogens with zero attached hydrogens (tertiary/aromatic N) is 4. The molecule has 2 aromatic heterocycles. The van der Waals surface area contributed by atoms with Gasteiger partial charge in [-0.25, -0.2) is 4.98 Å². The average Bonchev–Trinajstić information content (AvgIpc) is 3.25. The normalized spacial score (nSPS) is 17.2. The first kappa shape index (κ1) is 16.7. The van der Waals surface area contributed by atoms with E-state index < -0.39 is 0 Å². The van der Waals surface area contributed by atoms with Crippen LogP contribution in [0.1, 0.15) is 29.3 Å². The van der Waals surface area contributed by atoms with E-state index in [1.807, 2.05) is 26.2 Å². The van der Waals surface area contributed by atoms with Crippen LogP contribution >= 0.6 is 0 Å². The first-order valence-electron chi connectivity index (χ1n) is 8.19. The number of ether oxygens (including phenoxy) is 1. The molecular formula is C16H24N6O2. The van der Waals surface area contributed by atoms with Crippen molar-refractivity contribution in [1.29, 1.82) is 0 Å². The van der Waals surface area contributed by atoms with Crippen molar-refractivity contribution < 1.29 is 9.84 Å². The van der Waals surface area contributed by atoms with Crippen molar-refractivity contribution in [2.24, 2.45) is 0 Å². The van der Waals surface area contributed by atoms with Gasteiger partial charge in [0.25, 0.3) is 0 Å². The number of H-pyrrole nitrogens is 1. The molecule has 0 amide bonds. The quantitative estimate of drug-likeness (QED) is 0.697. The molecule has 1 atom stereocenters. The maximum absolute atomic E-state index is 9.03. The molecule has 3 N–H and O–H groups in total. The van der Waals surface area contributed by atoms with Gasteiger partial charge in [0.15, 0.2) is 0 Å². The fourth-order valence-electron chi connectivity index (χ4n) is 2.74. The van der Waals surface area contributed by atoms with E-state index in [0.29, 0.717) is 31.6 Å². The van der Waals surface area contributed by atoms with Crippen LogP contribution in [-0.4, -0.2) is 58.7 Å². The van der Waals surface area contributed by atoms with Crippen molar-refractivity contribution >= 4 is 11.8 Å². The second kappa shape index (κ2) is 7.59. The minimum atomic E-state index is 0.0412. The highest BCUT2D eigenvalue weighted by Crippen LogP contribution is 2.27. The Morgan fingerprint density at radius 3 is 3.00 bits per heavy atom. The Balaban J connectivity index is 1.84. The highest BCUT2D eigenvalue weighted by molar-refractivity contribution is 5.46. The number of aromatic amines is 1. The molecule has 130 valence electrons. The van der Waals surface area contributed by atoms with E-state index >= 15 is 0 Å². The first-order chi connectivity index (χ1) is 11.7. The molecule has 1 fully saturated rings. The third kappa shape index (κ3) is 3.82. The highest BCUT2D eigenvalue weighted by Gasteiger charge is 2.21. The van der Waals surface area contributed by atoms with Crippen molar-refractivity contribution in [2.45, 2.75) is 25.8 Å². The third-order valence-electron chi connectivity index (χ3n) is 4.21. The molecule has 0 spiro atoms. The molecule has 0 saturated carbocycles. The molecule has 0 radical (unpaired) electrons. The predicted molar refractivity (Wildman–Crippen MR) is 91.2 cm³/mol. The monoisotopic (exact) mass is 332 g/mol. The Hall–Kier alpha value is -2.19. The van der Waals surface area contributed by atoms with Gasteiger partial charge in [-0.1, -0.05) is 0 Å². The topological polar surface area (TPSA) is 99.2 Å². The molecule has 0 aliphatic carbocycles. The molecular weight excluding hydrogens is 308 g/mol. The van der Waals surface area contributed by atoms with E-state index in [1.54, 1.807) is 0 Å². The Labute approximate surface area is 141 Å². The van der Waals surface area contributed by atoms with Gasteiger partial charge in [0.05, 0.1) is 25.1 Å². The predicted octanol–water partition coefficient (Wildman–Crippen LogP) is 1.05. The zero-order valence-electron chi connectivity index (χ0n) is 14.1. The molecule has 3 rings (SSSR count). The van der Waals surface area contributed by atoms with E-state index in [0.717, 1.165) is 35.8 Å². The van der Waals surface area contributed by atoms with Crippen LogP contribution in [0.4, 0.5) is 11.8 Å². The second-order valence-electron chi connectivity index (χ2n) is 6.06. The molecule has 8 nitrogen and oxygen atoms in total. The van der Waals surface area contributed by atoms with Crippen LogP contribution in [0.2, 0.25) is 0 Å². The van der Waals surface area contributed by atoms with Gasteiger partial charge in [0, 0.05) is 50.0 Å². The van der Waals surface area contributed by atoms with Crippen LogP contribution in [0.15, 0.2) is 12.3 Å². The Morgan fingerprint density at radius 1 is 1.46 bits per heavy atom. The lowest BCUT2D eigenvalue weighted by Crippen LogP contribution is -2.20. The zero-order valence-corrected chi connectivity index (χ0v) is 14.1. The van der Waals surface area contributed by atoms with Crippen molar-refractivity contribution in [3.63, 3.8) is 0 Å². The molecule has 0 bridgehead atoms. The van der Waals surface area contributed by atoms with Crippen molar-refractivity contribution in [1.82, 2.24) is 20.2 Å².